The molecular formula is C24H25FN4O2. The zero-order valence-electron chi connectivity index (χ0n) is 17.6. The van der Waals surface area contributed by atoms with E-state index in [2.05, 4.69) is 29.2 Å². The van der Waals surface area contributed by atoms with Crippen molar-refractivity contribution in [2.24, 2.45) is 5.92 Å². The van der Waals surface area contributed by atoms with Crippen LogP contribution in [-0.4, -0.2) is 20.7 Å². The molecule has 160 valence electrons. The zero-order chi connectivity index (χ0) is 22.0. The summed E-state index contributed by atoms with van der Waals surface area (Å²) < 4.78 is 15.4. The summed E-state index contributed by atoms with van der Waals surface area (Å²) in [6, 6.07) is 11.7. The van der Waals surface area contributed by atoms with Gasteiger partial charge in [-0.2, -0.15) is 9.78 Å². The Kier molecular flexibility index (Phi) is 5.84. The van der Waals surface area contributed by atoms with Gasteiger partial charge in [0.15, 0.2) is 0 Å². The second kappa shape index (κ2) is 8.71. The highest BCUT2D eigenvalue weighted by Crippen LogP contribution is 2.27. The van der Waals surface area contributed by atoms with E-state index >= 15 is 0 Å². The first-order valence-corrected chi connectivity index (χ1v) is 10.6. The average Bonchev–Trinajstić information content (AvgIpc) is 3.11. The second-order valence-electron chi connectivity index (χ2n) is 7.74. The minimum atomic E-state index is -0.397. The number of para-hydroxylation sites is 1. The topological polar surface area (TPSA) is 79.8 Å². The summed E-state index contributed by atoms with van der Waals surface area (Å²) >= 11 is 0. The normalized spacial score (nSPS) is 11.5. The average molecular weight is 420 g/mol. The third-order valence-corrected chi connectivity index (χ3v) is 5.53. The van der Waals surface area contributed by atoms with E-state index < -0.39 is 5.82 Å². The number of carbonyl (C=O) groups is 1. The smallest absolute Gasteiger partial charge is 0.282 e. The molecule has 2 aliphatic rings. The van der Waals surface area contributed by atoms with E-state index in [1.807, 2.05) is 0 Å². The summed E-state index contributed by atoms with van der Waals surface area (Å²) in [5, 5.41) is 7.97. The Morgan fingerprint density at radius 3 is 2.52 bits per heavy atom. The number of rotatable bonds is 7. The van der Waals surface area contributed by atoms with E-state index in [1.54, 1.807) is 36.4 Å². The SMILES string of the molecule is CCCC(CCC)C(=O)Nc1ccc(-n2nc3c4cccc(F)c4[nH]cc-3c2=O)cc1. The standard InChI is InChI=1S/C24H25FN4O2/c1-3-6-15(7-4-2)23(30)27-16-10-12-17(13-11-16)29-24(31)19-14-26-22-18(21(19)28-29)8-5-9-20(22)25/h5,8-15,26H,3-4,6-7H2,1-2H3,(H,27,30). The first-order chi connectivity index (χ1) is 15.0. The van der Waals surface area contributed by atoms with Crippen molar-refractivity contribution >= 4 is 22.5 Å². The minimum absolute atomic E-state index is 0.00395. The molecule has 0 radical (unpaired) electrons. The third-order valence-electron chi connectivity index (χ3n) is 5.53. The van der Waals surface area contributed by atoms with Gasteiger partial charge < -0.3 is 10.3 Å². The van der Waals surface area contributed by atoms with E-state index in [4.69, 9.17) is 0 Å². The predicted octanol–water partition coefficient (Wildman–Crippen LogP) is 5.11. The number of carbonyl (C=O) groups excluding carboxylic acids is 1. The fraction of sp³-hybridized carbons (Fsp3) is 0.292. The van der Waals surface area contributed by atoms with Crippen molar-refractivity contribution in [3.63, 3.8) is 0 Å². The second-order valence-corrected chi connectivity index (χ2v) is 7.74. The summed E-state index contributed by atoms with van der Waals surface area (Å²) in [4.78, 5) is 28.3. The molecule has 0 bridgehead atoms. The van der Waals surface area contributed by atoms with Gasteiger partial charge in [-0.3, -0.25) is 9.59 Å². The van der Waals surface area contributed by atoms with Gasteiger partial charge in [-0.15, -0.1) is 0 Å². The van der Waals surface area contributed by atoms with Crippen LogP contribution in [0.3, 0.4) is 0 Å². The van der Waals surface area contributed by atoms with Gasteiger partial charge in [0.05, 0.1) is 16.8 Å². The van der Waals surface area contributed by atoms with Crippen molar-refractivity contribution in [2.75, 3.05) is 5.32 Å². The van der Waals surface area contributed by atoms with Crippen LogP contribution in [0.2, 0.25) is 0 Å². The summed E-state index contributed by atoms with van der Waals surface area (Å²) in [5.74, 6) is -0.370. The number of aromatic amines is 1. The Labute approximate surface area is 179 Å². The number of nitrogens with one attached hydrogen (secondary N) is 2. The fourth-order valence-electron chi connectivity index (χ4n) is 3.96. The fourth-order valence-corrected chi connectivity index (χ4v) is 3.96. The Bertz CT molecular complexity index is 1240. The molecule has 0 spiro atoms. The quantitative estimate of drug-likeness (QED) is 0.436. The number of amides is 1. The maximum Gasteiger partial charge on any atom is 0.282 e. The van der Waals surface area contributed by atoms with Gasteiger partial charge in [0.1, 0.15) is 11.5 Å². The van der Waals surface area contributed by atoms with Crippen LogP contribution in [-0.2, 0) is 4.79 Å². The number of hydrogen-bond donors (Lipinski definition) is 2. The van der Waals surface area contributed by atoms with Crippen LogP contribution in [0.4, 0.5) is 10.1 Å². The van der Waals surface area contributed by atoms with Crippen molar-refractivity contribution < 1.29 is 9.18 Å². The molecule has 7 heteroatoms. The lowest BCUT2D eigenvalue weighted by atomic mass is 9.97. The van der Waals surface area contributed by atoms with Crippen molar-refractivity contribution in [2.45, 2.75) is 39.5 Å². The molecule has 31 heavy (non-hydrogen) atoms. The molecule has 6 nitrogen and oxygen atoms in total. The number of aromatic nitrogens is 3. The van der Waals surface area contributed by atoms with Crippen LogP contribution < -0.4 is 10.9 Å². The van der Waals surface area contributed by atoms with Gasteiger partial charge in [0.2, 0.25) is 5.91 Å². The third kappa shape index (κ3) is 3.95. The van der Waals surface area contributed by atoms with E-state index in [9.17, 15) is 14.0 Å². The summed E-state index contributed by atoms with van der Waals surface area (Å²) in [5.41, 5.74) is 2.10. The van der Waals surface area contributed by atoms with Crippen molar-refractivity contribution in [1.29, 1.82) is 0 Å². The molecule has 2 N–H and O–H groups in total. The molecule has 0 saturated heterocycles. The van der Waals surface area contributed by atoms with Crippen LogP contribution in [0.5, 0.6) is 0 Å². The number of hydrogen-bond acceptors (Lipinski definition) is 3. The Hall–Kier alpha value is -3.48. The Morgan fingerprint density at radius 2 is 1.84 bits per heavy atom. The molecule has 2 aliphatic heterocycles. The lowest BCUT2D eigenvalue weighted by Gasteiger charge is -2.15. The van der Waals surface area contributed by atoms with Gasteiger partial charge in [-0.25, -0.2) is 4.39 Å². The number of halogens is 1. The molecule has 0 aromatic heterocycles. The first kappa shape index (κ1) is 20.8. The summed E-state index contributed by atoms with van der Waals surface area (Å²) in [6.07, 6.45) is 5.15. The number of anilines is 1. The van der Waals surface area contributed by atoms with Gasteiger partial charge in [-0.05, 0) is 43.2 Å². The van der Waals surface area contributed by atoms with Crippen LogP contribution in [0.15, 0.2) is 53.5 Å². The van der Waals surface area contributed by atoms with Crippen LogP contribution in [0, 0.1) is 11.7 Å². The highest BCUT2D eigenvalue weighted by molar-refractivity contribution is 5.94. The summed E-state index contributed by atoms with van der Waals surface area (Å²) in [6.45, 7) is 4.16. The molecule has 0 unspecified atom stereocenters. The highest BCUT2D eigenvalue weighted by atomic mass is 19.1. The molecule has 2 aromatic rings. The molecule has 4 rings (SSSR count). The van der Waals surface area contributed by atoms with Gasteiger partial charge >= 0.3 is 0 Å². The maximum atomic E-state index is 14.1. The van der Waals surface area contributed by atoms with E-state index in [0.29, 0.717) is 33.5 Å². The number of nitrogens with zero attached hydrogens (tertiary/aromatic N) is 2. The maximum absolute atomic E-state index is 14.1. The van der Waals surface area contributed by atoms with Gasteiger partial charge in [0, 0.05) is 23.2 Å². The molecule has 0 atom stereocenters. The minimum Gasteiger partial charge on any atom is -0.358 e. The van der Waals surface area contributed by atoms with Crippen LogP contribution in [0.1, 0.15) is 39.5 Å². The monoisotopic (exact) mass is 420 g/mol. The van der Waals surface area contributed by atoms with Crippen LogP contribution >= 0.6 is 0 Å². The molecule has 1 amide bonds. The van der Waals surface area contributed by atoms with Crippen molar-refractivity contribution in [3.8, 4) is 16.9 Å². The molecule has 2 heterocycles. The van der Waals surface area contributed by atoms with Crippen molar-refractivity contribution in [1.82, 2.24) is 14.8 Å². The van der Waals surface area contributed by atoms with Crippen molar-refractivity contribution in [3.05, 3.63) is 64.8 Å². The molecule has 0 aliphatic carbocycles. The van der Waals surface area contributed by atoms with E-state index in [-0.39, 0.29) is 17.4 Å². The first-order valence-electron chi connectivity index (χ1n) is 10.6. The number of benzene rings is 2. The molecule has 0 saturated carbocycles. The Morgan fingerprint density at radius 1 is 1.13 bits per heavy atom. The van der Waals surface area contributed by atoms with Gasteiger partial charge in [-0.1, -0.05) is 38.8 Å². The molecule has 0 fully saturated rings. The highest BCUT2D eigenvalue weighted by Gasteiger charge is 2.20. The van der Waals surface area contributed by atoms with Gasteiger partial charge in [0.25, 0.3) is 5.56 Å². The molecule has 2 aromatic carbocycles. The molecular weight excluding hydrogens is 395 g/mol. The number of H-pyrrole nitrogens is 1. The number of pyridine rings is 1. The largest absolute Gasteiger partial charge is 0.358 e. The lowest BCUT2D eigenvalue weighted by molar-refractivity contribution is -0.120. The summed E-state index contributed by atoms with van der Waals surface area (Å²) in [7, 11) is 0. The van der Waals surface area contributed by atoms with E-state index in [1.165, 1.54) is 16.9 Å². The Balaban J connectivity index is 1.64. The zero-order valence-corrected chi connectivity index (χ0v) is 17.6. The predicted molar refractivity (Wildman–Crippen MR) is 120 cm³/mol. The van der Waals surface area contributed by atoms with E-state index in [0.717, 1.165) is 25.7 Å². The van der Waals surface area contributed by atoms with Crippen LogP contribution in [0.25, 0.3) is 27.8 Å². The number of fused-ring (bicyclic) bond motifs is 3. The lowest BCUT2D eigenvalue weighted by Crippen LogP contribution is -2.22.